The van der Waals surface area contributed by atoms with Crippen molar-refractivity contribution >= 4 is 5.91 Å². The summed E-state index contributed by atoms with van der Waals surface area (Å²) in [5, 5.41) is 12.5. The molecule has 0 bridgehead atoms. The standard InChI is InChI=1S/C14H21FN2O2/c1-4-16-14(19)9-17(5-2)10(3)12-8-11(15)6-7-13(12)18/h6-8,10,18H,4-5,9H2,1-3H3,(H,16,19). The molecular formula is C14H21FN2O2. The van der Waals surface area contributed by atoms with Gasteiger partial charge >= 0.3 is 0 Å². The molecule has 1 aromatic rings. The number of carbonyl (C=O) groups excluding carboxylic acids is 1. The minimum Gasteiger partial charge on any atom is -0.508 e. The zero-order chi connectivity index (χ0) is 14.4. The maximum Gasteiger partial charge on any atom is 0.234 e. The van der Waals surface area contributed by atoms with Crippen LogP contribution in [0.5, 0.6) is 5.75 Å². The van der Waals surface area contributed by atoms with Crippen LogP contribution in [0.15, 0.2) is 18.2 Å². The zero-order valence-corrected chi connectivity index (χ0v) is 11.6. The topological polar surface area (TPSA) is 52.6 Å². The maximum absolute atomic E-state index is 13.2. The fraction of sp³-hybridized carbons (Fsp3) is 0.500. The van der Waals surface area contributed by atoms with E-state index in [0.717, 1.165) is 0 Å². The third kappa shape index (κ3) is 4.21. The number of nitrogens with zero attached hydrogens (tertiary/aromatic N) is 1. The first-order valence-corrected chi connectivity index (χ1v) is 6.48. The highest BCUT2D eigenvalue weighted by Gasteiger charge is 2.20. The normalized spacial score (nSPS) is 12.5. The molecule has 106 valence electrons. The van der Waals surface area contributed by atoms with Gasteiger partial charge in [0.25, 0.3) is 0 Å². The Morgan fingerprint density at radius 3 is 2.74 bits per heavy atom. The number of hydrogen-bond donors (Lipinski definition) is 2. The molecule has 0 aliphatic carbocycles. The lowest BCUT2D eigenvalue weighted by atomic mass is 10.1. The molecule has 0 aromatic heterocycles. The average molecular weight is 268 g/mol. The Hall–Kier alpha value is -1.62. The van der Waals surface area contributed by atoms with Crippen LogP contribution in [0, 0.1) is 5.82 Å². The summed E-state index contributed by atoms with van der Waals surface area (Å²) in [5.74, 6) is -0.427. The summed E-state index contributed by atoms with van der Waals surface area (Å²) in [6.45, 7) is 7.06. The molecule has 2 N–H and O–H groups in total. The van der Waals surface area contributed by atoms with Crippen LogP contribution >= 0.6 is 0 Å². The molecule has 1 amide bonds. The first kappa shape index (κ1) is 15.4. The van der Waals surface area contributed by atoms with Gasteiger partial charge in [-0.1, -0.05) is 6.92 Å². The van der Waals surface area contributed by atoms with Gasteiger partial charge < -0.3 is 10.4 Å². The van der Waals surface area contributed by atoms with E-state index in [2.05, 4.69) is 5.32 Å². The smallest absolute Gasteiger partial charge is 0.234 e. The van der Waals surface area contributed by atoms with Gasteiger partial charge in [0.05, 0.1) is 6.54 Å². The lowest BCUT2D eigenvalue weighted by molar-refractivity contribution is -0.122. The van der Waals surface area contributed by atoms with E-state index in [1.165, 1.54) is 18.2 Å². The van der Waals surface area contributed by atoms with E-state index in [-0.39, 0.29) is 24.2 Å². The third-order valence-electron chi connectivity index (χ3n) is 3.11. The molecule has 1 unspecified atom stereocenters. The van der Waals surface area contributed by atoms with Crippen LogP contribution in [-0.4, -0.2) is 35.5 Å². The van der Waals surface area contributed by atoms with Crippen LogP contribution < -0.4 is 5.32 Å². The predicted molar refractivity (Wildman–Crippen MR) is 72.4 cm³/mol. The van der Waals surface area contributed by atoms with Gasteiger partial charge in [-0.15, -0.1) is 0 Å². The first-order chi connectivity index (χ1) is 8.99. The van der Waals surface area contributed by atoms with Gasteiger partial charge in [0.15, 0.2) is 0 Å². The van der Waals surface area contributed by atoms with E-state index < -0.39 is 5.82 Å². The summed E-state index contributed by atoms with van der Waals surface area (Å²) in [7, 11) is 0. The number of aromatic hydroxyl groups is 1. The summed E-state index contributed by atoms with van der Waals surface area (Å²) in [6, 6.07) is 3.62. The number of halogens is 1. The molecule has 1 rings (SSSR count). The molecule has 4 nitrogen and oxygen atoms in total. The molecule has 0 radical (unpaired) electrons. The van der Waals surface area contributed by atoms with Crippen molar-refractivity contribution in [1.29, 1.82) is 0 Å². The van der Waals surface area contributed by atoms with Crippen LogP contribution in [0.25, 0.3) is 0 Å². The number of nitrogens with one attached hydrogen (secondary N) is 1. The summed E-state index contributed by atoms with van der Waals surface area (Å²) in [6.07, 6.45) is 0. The Labute approximate surface area is 113 Å². The number of phenolic OH excluding ortho intramolecular Hbond substituents is 1. The SMILES string of the molecule is CCNC(=O)CN(CC)C(C)c1cc(F)ccc1O. The van der Waals surface area contributed by atoms with E-state index in [1.54, 1.807) is 0 Å². The molecule has 0 saturated carbocycles. The number of rotatable bonds is 6. The molecule has 0 heterocycles. The number of amides is 1. The molecule has 5 heteroatoms. The van der Waals surface area contributed by atoms with Crippen molar-refractivity contribution in [3.05, 3.63) is 29.6 Å². The van der Waals surface area contributed by atoms with Gasteiger partial charge in [-0.3, -0.25) is 9.69 Å². The zero-order valence-electron chi connectivity index (χ0n) is 11.6. The number of benzene rings is 1. The molecular weight excluding hydrogens is 247 g/mol. The molecule has 1 atom stereocenters. The van der Waals surface area contributed by atoms with E-state index >= 15 is 0 Å². The second-order valence-electron chi connectivity index (χ2n) is 4.40. The Bertz CT molecular complexity index is 437. The maximum atomic E-state index is 13.2. The molecule has 0 aliphatic heterocycles. The van der Waals surface area contributed by atoms with Gasteiger partial charge in [0.2, 0.25) is 5.91 Å². The highest BCUT2D eigenvalue weighted by molar-refractivity contribution is 5.78. The second-order valence-corrected chi connectivity index (χ2v) is 4.40. The van der Waals surface area contributed by atoms with Crippen molar-refractivity contribution < 1.29 is 14.3 Å². The van der Waals surface area contributed by atoms with Crippen LogP contribution in [-0.2, 0) is 4.79 Å². The van der Waals surface area contributed by atoms with Crippen molar-refractivity contribution in [2.24, 2.45) is 0 Å². The highest BCUT2D eigenvalue weighted by atomic mass is 19.1. The number of likely N-dealkylation sites (N-methyl/N-ethyl adjacent to an activating group) is 2. The van der Waals surface area contributed by atoms with Gasteiger partial charge in [0, 0.05) is 18.2 Å². The monoisotopic (exact) mass is 268 g/mol. The van der Waals surface area contributed by atoms with Crippen molar-refractivity contribution in [1.82, 2.24) is 10.2 Å². The van der Waals surface area contributed by atoms with E-state index in [4.69, 9.17) is 0 Å². The minimum absolute atomic E-state index is 0.0447. The van der Waals surface area contributed by atoms with Crippen LogP contribution in [0.2, 0.25) is 0 Å². The van der Waals surface area contributed by atoms with Crippen LogP contribution in [0.1, 0.15) is 32.4 Å². The van der Waals surface area contributed by atoms with E-state index in [0.29, 0.717) is 18.7 Å². The highest BCUT2D eigenvalue weighted by Crippen LogP contribution is 2.28. The van der Waals surface area contributed by atoms with Crippen molar-refractivity contribution in [3.63, 3.8) is 0 Å². The summed E-state index contributed by atoms with van der Waals surface area (Å²) in [5.41, 5.74) is 0.492. The fourth-order valence-corrected chi connectivity index (χ4v) is 2.02. The molecule has 0 spiro atoms. The summed E-state index contributed by atoms with van der Waals surface area (Å²) in [4.78, 5) is 13.5. The van der Waals surface area contributed by atoms with Gasteiger partial charge in [-0.25, -0.2) is 4.39 Å². The molecule has 1 aromatic carbocycles. The van der Waals surface area contributed by atoms with Gasteiger partial charge in [0.1, 0.15) is 11.6 Å². The second kappa shape index (κ2) is 7.09. The Kier molecular flexibility index (Phi) is 5.76. The molecule has 0 saturated heterocycles. The summed E-state index contributed by atoms with van der Waals surface area (Å²) >= 11 is 0. The van der Waals surface area contributed by atoms with E-state index in [1.807, 2.05) is 25.7 Å². The van der Waals surface area contributed by atoms with E-state index in [9.17, 15) is 14.3 Å². The molecule has 19 heavy (non-hydrogen) atoms. The van der Waals surface area contributed by atoms with Crippen LogP contribution in [0.4, 0.5) is 4.39 Å². The number of hydrogen-bond acceptors (Lipinski definition) is 3. The Morgan fingerprint density at radius 1 is 1.47 bits per heavy atom. The number of phenols is 1. The molecule has 0 aliphatic rings. The lowest BCUT2D eigenvalue weighted by Gasteiger charge is -2.28. The predicted octanol–water partition coefficient (Wildman–Crippen LogP) is 2.05. The van der Waals surface area contributed by atoms with Crippen molar-refractivity contribution in [2.45, 2.75) is 26.8 Å². The summed E-state index contributed by atoms with van der Waals surface area (Å²) < 4.78 is 13.2. The van der Waals surface area contributed by atoms with Crippen molar-refractivity contribution in [2.75, 3.05) is 19.6 Å². The van der Waals surface area contributed by atoms with Gasteiger partial charge in [-0.05, 0) is 38.6 Å². The third-order valence-corrected chi connectivity index (χ3v) is 3.11. The Balaban J connectivity index is 2.85. The quantitative estimate of drug-likeness (QED) is 0.830. The Morgan fingerprint density at radius 2 is 2.16 bits per heavy atom. The average Bonchev–Trinajstić information content (AvgIpc) is 2.38. The largest absolute Gasteiger partial charge is 0.508 e. The minimum atomic E-state index is -0.395. The fourth-order valence-electron chi connectivity index (χ4n) is 2.02. The molecule has 0 fully saturated rings. The van der Waals surface area contributed by atoms with Gasteiger partial charge in [-0.2, -0.15) is 0 Å². The van der Waals surface area contributed by atoms with Crippen LogP contribution in [0.3, 0.4) is 0 Å². The number of carbonyl (C=O) groups is 1. The van der Waals surface area contributed by atoms with Crippen molar-refractivity contribution in [3.8, 4) is 5.75 Å². The lowest BCUT2D eigenvalue weighted by Crippen LogP contribution is -2.38. The first-order valence-electron chi connectivity index (χ1n) is 6.48.